The van der Waals surface area contributed by atoms with E-state index in [1.165, 1.54) is 10.8 Å². The zero-order valence-corrected chi connectivity index (χ0v) is 26.7. The first-order valence-corrected chi connectivity index (χ1v) is 16.3. The molecule has 0 saturated heterocycles. The maximum Gasteiger partial charge on any atom is 0.101 e. The molecule has 0 atom stereocenters. The van der Waals surface area contributed by atoms with E-state index in [1.807, 2.05) is 66.7 Å². The Bertz CT molecular complexity index is 2920. The zero-order chi connectivity index (χ0) is 33.8. The van der Waals surface area contributed by atoms with Crippen molar-refractivity contribution in [1.82, 2.24) is 9.13 Å². The third kappa shape index (κ3) is 4.31. The minimum Gasteiger partial charge on any atom is -0.309 e. The summed E-state index contributed by atoms with van der Waals surface area (Å²) in [4.78, 5) is 0. The summed E-state index contributed by atoms with van der Waals surface area (Å²) in [7, 11) is 0. The lowest BCUT2D eigenvalue weighted by Crippen LogP contribution is -2.00. The predicted octanol–water partition coefficient (Wildman–Crippen LogP) is 10.8. The topological polar surface area (TPSA) is 81.2 Å². The van der Waals surface area contributed by atoms with Gasteiger partial charge in [0.25, 0.3) is 0 Å². The molecule has 0 radical (unpaired) electrons. The Morgan fingerprint density at radius 1 is 0.400 bits per heavy atom. The summed E-state index contributed by atoms with van der Waals surface area (Å²) in [5.74, 6) is 0. The quantitative estimate of drug-likeness (QED) is 0.193. The van der Waals surface area contributed by atoms with Gasteiger partial charge >= 0.3 is 0 Å². The van der Waals surface area contributed by atoms with Gasteiger partial charge in [0.1, 0.15) is 6.07 Å². The average molecular weight is 636 g/mol. The van der Waals surface area contributed by atoms with Crippen LogP contribution in [0.15, 0.2) is 152 Å². The Morgan fingerprint density at radius 3 is 1.82 bits per heavy atom. The number of hydrogen-bond donors (Lipinski definition) is 0. The molecule has 0 fully saturated rings. The molecule has 0 unspecified atom stereocenters. The van der Waals surface area contributed by atoms with Crippen LogP contribution in [0.4, 0.5) is 0 Å². The largest absolute Gasteiger partial charge is 0.309 e. The molecule has 0 aliphatic heterocycles. The summed E-state index contributed by atoms with van der Waals surface area (Å²) in [6.07, 6.45) is 0. The van der Waals surface area contributed by atoms with Crippen LogP contribution in [0, 0.1) is 34.0 Å². The monoisotopic (exact) mass is 635 g/mol. The summed E-state index contributed by atoms with van der Waals surface area (Å²) >= 11 is 0. The zero-order valence-electron chi connectivity index (χ0n) is 26.7. The van der Waals surface area contributed by atoms with Crippen LogP contribution in [-0.2, 0) is 0 Å². The lowest BCUT2D eigenvalue weighted by atomic mass is 9.93. The first-order chi connectivity index (χ1) is 24.7. The van der Waals surface area contributed by atoms with Gasteiger partial charge in [-0.1, -0.05) is 84.9 Å². The second kappa shape index (κ2) is 11.4. The molecule has 0 saturated carbocycles. The van der Waals surface area contributed by atoms with Crippen LogP contribution in [-0.4, -0.2) is 9.13 Å². The highest BCUT2D eigenvalue weighted by atomic mass is 15.0. The smallest absolute Gasteiger partial charge is 0.101 e. The Hall–Kier alpha value is -7.39. The predicted molar refractivity (Wildman–Crippen MR) is 200 cm³/mol. The van der Waals surface area contributed by atoms with Crippen molar-refractivity contribution in [2.45, 2.75) is 0 Å². The Morgan fingerprint density at radius 2 is 1.06 bits per heavy atom. The maximum atomic E-state index is 10.4. The van der Waals surface area contributed by atoms with E-state index in [1.54, 1.807) is 6.07 Å². The van der Waals surface area contributed by atoms with Crippen molar-refractivity contribution >= 4 is 43.6 Å². The second-order valence-electron chi connectivity index (χ2n) is 12.3. The molecule has 5 nitrogen and oxygen atoms in total. The van der Waals surface area contributed by atoms with Crippen molar-refractivity contribution in [3.63, 3.8) is 0 Å². The van der Waals surface area contributed by atoms with Crippen molar-refractivity contribution in [2.75, 3.05) is 0 Å². The molecule has 2 aromatic heterocycles. The van der Waals surface area contributed by atoms with E-state index in [-0.39, 0.29) is 0 Å². The van der Waals surface area contributed by atoms with Gasteiger partial charge in [0.05, 0.1) is 56.6 Å². The van der Waals surface area contributed by atoms with Crippen molar-refractivity contribution in [3.05, 3.63) is 168 Å². The van der Waals surface area contributed by atoms with Crippen LogP contribution in [0.1, 0.15) is 16.7 Å². The van der Waals surface area contributed by atoms with Gasteiger partial charge in [-0.15, -0.1) is 0 Å². The molecule has 9 rings (SSSR count). The number of nitriles is 3. The number of rotatable bonds is 4. The fourth-order valence-corrected chi connectivity index (χ4v) is 7.44. The van der Waals surface area contributed by atoms with Crippen molar-refractivity contribution in [1.29, 1.82) is 15.8 Å². The van der Waals surface area contributed by atoms with Crippen molar-refractivity contribution in [2.24, 2.45) is 0 Å². The molecule has 50 heavy (non-hydrogen) atoms. The van der Waals surface area contributed by atoms with Crippen LogP contribution in [0.5, 0.6) is 0 Å². The fraction of sp³-hybridized carbons (Fsp3) is 0. The molecule has 0 aliphatic rings. The van der Waals surface area contributed by atoms with Crippen LogP contribution in [0.25, 0.3) is 77.2 Å². The van der Waals surface area contributed by atoms with Gasteiger partial charge in [-0.2, -0.15) is 15.8 Å². The number of hydrogen-bond acceptors (Lipinski definition) is 3. The first-order valence-electron chi connectivity index (χ1n) is 16.3. The van der Waals surface area contributed by atoms with Crippen LogP contribution in [0.3, 0.4) is 0 Å². The first kappa shape index (κ1) is 28.8. The average Bonchev–Trinajstić information content (AvgIpc) is 3.70. The highest BCUT2D eigenvalue weighted by molar-refractivity contribution is 6.12. The molecule has 230 valence electrons. The van der Waals surface area contributed by atoms with Crippen LogP contribution < -0.4 is 0 Å². The van der Waals surface area contributed by atoms with E-state index in [0.29, 0.717) is 16.7 Å². The van der Waals surface area contributed by atoms with Gasteiger partial charge in [0.2, 0.25) is 0 Å². The van der Waals surface area contributed by atoms with Gasteiger partial charge in [-0.05, 0) is 77.9 Å². The molecular weight excluding hydrogens is 611 g/mol. The van der Waals surface area contributed by atoms with E-state index in [4.69, 9.17) is 0 Å². The number of aromatic nitrogens is 2. The second-order valence-corrected chi connectivity index (χ2v) is 12.3. The third-order valence-corrected chi connectivity index (χ3v) is 9.63. The van der Waals surface area contributed by atoms with Crippen LogP contribution in [0.2, 0.25) is 0 Å². The normalized spacial score (nSPS) is 11.1. The Kier molecular flexibility index (Phi) is 6.56. The molecule has 5 heteroatoms. The molecule has 0 spiro atoms. The van der Waals surface area contributed by atoms with Gasteiger partial charge < -0.3 is 9.13 Å². The number of benzene rings is 7. The van der Waals surface area contributed by atoms with Crippen LogP contribution >= 0.6 is 0 Å². The molecular formula is C45H25N5. The number of para-hydroxylation sites is 4. The van der Waals surface area contributed by atoms with Crippen molar-refractivity contribution in [3.8, 4) is 51.8 Å². The summed E-state index contributed by atoms with van der Waals surface area (Å²) in [5.41, 5.74) is 11.1. The Labute approximate surface area is 287 Å². The SMILES string of the molecule is N#Cc1ccc2c(c1)c1cccc(C#N)c1n2-c1ccccc1-c1cc(-c2cccc(-n3c4ccccc4c4ccccc43)c2)ccc1C#N. The molecule has 0 amide bonds. The van der Waals surface area contributed by atoms with Crippen molar-refractivity contribution < 1.29 is 0 Å². The summed E-state index contributed by atoms with van der Waals surface area (Å²) in [6, 6.07) is 57.8. The highest BCUT2D eigenvalue weighted by Gasteiger charge is 2.20. The fourth-order valence-electron chi connectivity index (χ4n) is 7.44. The summed E-state index contributed by atoms with van der Waals surface area (Å²) in [6.45, 7) is 0. The lowest BCUT2D eigenvalue weighted by molar-refractivity contribution is 1.18. The molecule has 9 aromatic rings. The van der Waals surface area contributed by atoms with E-state index in [0.717, 1.165) is 66.5 Å². The van der Waals surface area contributed by atoms with Gasteiger partial charge in [-0.3, -0.25) is 0 Å². The van der Waals surface area contributed by atoms with Gasteiger partial charge in [0.15, 0.2) is 0 Å². The summed E-state index contributed by atoms with van der Waals surface area (Å²) in [5, 5.41) is 34.5. The highest BCUT2D eigenvalue weighted by Crippen LogP contribution is 2.40. The third-order valence-electron chi connectivity index (χ3n) is 9.63. The number of fused-ring (bicyclic) bond motifs is 6. The standard InChI is InChI=1S/C45H25N5/c46-26-29-19-22-44-40(23-29)38-15-8-10-33(28-48)45(38)50(44)43-18-6-3-14-37(43)39-25-31(20-21-32(39)27-47)30-9-7-11-34(24-30)49-41-16-4-1-12-35(41)36-13-2-5-17-42(36)49/h1-25H. The van der Waals surface area contributed by atoms with Gasteiger partial charge in [-0.25, -0.2) is 0 Å². The number of nitrogens with zero attached hydrogens (tertiary/aromatic N) is 5. The van der Waals surface area contributed by atoms with E-state index in [2.05, 4.69) is 106 Å². The minimum absolute atomic E-state index is 0.531. The van der Waals surface area contributed by atoms with E-state index >= 15 is 0 Å². The van der Waals surface area contributed by atoms with Gasteiger partial charge in [0, 0.05) is 38.4 Å². The van der Waals surface area contributed by atoms with E-state index < -0.39 is 0 Å². The maximum absolute atomic E-state index is 10.4. The van der Waals surface area contributed by atoms with E-state index in [9.17, 15) is 15.8 Å². The molecule has 0 N–H and O–H groups in total. The molecule has 0 aliphatic carbocycles. The lowest BCUT2D eigenvalue weighted by Gasteiger charge is -2.16. The molecule has 2 heterocycles. The summed E-state index contributed by atoms with van der Waals surface area (Å²) < 4.78 is 4.40. The molecule has 0 bridgehead atoms. The molecule has 7 aromatic carbocycles. The Balaban J connectivity index is 1.26. The minimum atomic E-state index is 0.531.